The molecule has 1 rings (SSSR count). The van der Waals surface area contributed by atoms with Crippen LogP contribution in [0.1, 0.15) is 33.1 Å². The standard InChI is InChI=1S/C12H25N3O.ClH/c1-4-7-14-12(16)10(2)15-8-5-11(13-3)6-9-15;/h10-11,13H,4-9H2,1-3H3,(H,14,16);1H. The summed E-state index contributed by atoms with van der Waals surface area (Å²) in [5.41, 5.74) is 0. The van der Waals surface area contributed by atoms with Gasteiger partial charge in [0.1, 0.15) is 0 Å². The van der Waals surface area contributed by atoms with Crippen LogP contribution < -0.4 is 10.6 Å². The number of hydrogen-bond acceptors (Lipinski definition) is 3. The fourth-order valence-corrected chi connectivity index (χ4v) is 2.14. The zero-order valence-electron chi connectivity index (χ0n) is 11.2. The van der Waals surface area contributed by atoms with Crippen LogP contribution in [0, 0.1) is 0 Å². The molecule has 17 heavy (non-hydrogen) atoms. The molecule has 1 saturated heterocycles. The SMILES string of the molecule is CCCNC(=O)C(C)N1CCC(NC)CC1.Cl. The Hall–Kier alpha value is -0.320. The number of piperidine rings is 1. The van der Waals surface area contributed by atoms with Crippen molar-refractivity contribution < 1.29 is 4.79 Å². The van der Waals surface area contributed by atoms with Gasteiger partial charge in [-0.25, -0.2) is 0 Å². The van der Waals surface area contributed by atoms with E-state index in [1.54, 1.807) is 0 Å². The maximum absolute atomic E-state index is 11.8. The molecule has 0 aromatic rings. The van der Waals surface area contributed by atoms with Crippen molar-refractivity contribution in [2.24, 2.45) is 0 Å². The van der Waals surface area contributed by atoms with Crippen molar-refractivity contribution in [3.05, 3.63) is 0 Å². The number of likely N-dealkylation sites (tertiary alicyclic amines) is 1. The molecule has 5 heteroatoms. The topological polar surface area (TPSA) is 44.4 Å². The lowest BCUT2D eigenvalue weighted by molar-refractivity contribution is -0.126. The summed E-state index contributed by atoms with van der Waals surface area (Å²) in [7, 11) is 2.01. The maximum atomic E-state index is 11.8. The molecule has 1 amide bonds. The van der Waals surface area contributed by atoms with Crippen LogP contribution in [0.15, 0.2) is 0 Å². The van der Waals surface area contributed by atoms with Crippen LogP contribution in [0.5, 0.6) is 0 Å². The number of amides is 1. The molecule has 0 aromatic heterocycles. The second-order valence-corrected chi connectivity index (χ2v) is 4.57. The highest BCUT2D eigenvalue weighted by Crippen LogP contribution is 2.12. The molecule has 0 saturated carbocycles. The number of rotatable bonds is 5. The quantitative estimate of drug-likeness (QED) is 0.778. The van der Waals surface area contributed by atoms with E-state index >= 15 is 0 Å². The smallest absolute Gasteiger partial charge is 0.237 e. The van der Waals surface area contributed by atoms with Gasteiger partial charge in [-0.15, -0.1) is 12.4 Å². The third-order valence-electron chi connectivity index (χ3n) is 3.41. The average Bonchev–Trinajstić information content (AvgIpc) is 2.35. The molecular formula is C12H26ClN3O. The molecule has 0 radical (unpaired) electrons. The number of nitrogens with zero attached hydrogens (tertiary/aromatic N) is 1. The van der Waals surface area contributed by atoms with E-state index in [1.165, 1.54) is 0 Å². The zero-order valence-corrected chi connectivity index (χ0v) is 12.0. The molecule has 0 aliphatic carbocycles. The van der Waals surface area contributed by atoms with Crippen LogP contribution in [0.4, 0.5) is 0 Å². The molecular weight excluding hydrogens is 238 g/mol. The summed E-state index contributed by atoms with van der Waals surface area (Å²) in [5.74, 6) is 0.171. The third kappa shape index (κ3) is 5.23. The second kappa shape index (κ2) is 8.72. The predicted octanol–water partition coefficient (Wildman–Crippen LogP) is 1.01. The van der Waals surface area contributed by atoms with Crippen molar-refractivity contribution in [2.45, 2.75) is 45.2 Å². The molecule has 1 fully saturated rings. The minimum atomic E-state index is 0. The largest absolute Gasteiger partial charge is 0.355 e. The van der Waals surface area contributed by atoms with E-state index < -0.39 is 0 Å². The minimum absolute atomic E-state index is 0. The van der Waals surface area contributed by atoms with Gasteiger partial charge in [0.25, 0.3) is 0 Å². The Bertz CT molecular complexity index is 218. The first-order valence-corrected chi connectivity index (χ1v) is 6.38. The number of halogens is 1. The van der Waals surface area contributed by atoms with Crippen LogP contribution in [0.2, 0.25) is 0 Å². The Labute approximate surface area is 111 Å². The number of carbonyl (C=O) groups excluding carboxylic acids is 1. The van der Waals surface area contributed by atoms with Gasteiger partial charge in [-0.05, 0) is 33.2 Å². The molecule has 1 unspecified atom stereocenters. The lowest BCUT2D eigenvalue weighted by Gasteiger charge is -2.35. The average molecular weight is 264 g/mol. The second-order valence-electron chi connectivity index (χ2n) is 4.57. The van der Waals surface area contributed by atoms with Gasteiger partial charge in [-0.1, -0.05) is 6.92 Å². The van der Waals surface area contributed by atoms with Crippen molar-refractivity contribution in [1.29, 1.82) is 0 Å². The zero-order chi connectivity index (χ0) is 12.0. The molecule has 4 nitrogen and oxygen atoms in total. The van der Waals surface area contributed by atoms with Crippen molar-refractivity contribution in [3.8, 4) is 0 Å². The fraction of sp³-hybridized carbons (Fsp3) is 0.917. The van der Waals surface area contributed by atoms with Crippen LogP contribution in [-0.4, -0.2) is 49.6 Å². The molecule has 0 bridgehead atoms. The van der Waals surface area contributed by atoms with Gasteiger partial charge in [0.15, 0.2) is 0 Å². The van der Waals surface area contributed by atoms with Crippen LogP contribution >= 0.6 is 12.4 Å². The van der Waals surface area contributed by atoms with Gasteiger partial charge in [0, 0.05) is 25.7 Å². The summed E-state index contributed by atoms with van der Waals surface area (Å²) in [6.07, 6.45) is 3.28. The van der Waals surface area contributed by atoms with Crippen molar-refractivity contribution in [1.82, 2.24) is 15.5 Å². The number of nitrogens with one attached hydrogen (secondary N) is 2. The van der Waals surface area contributed by atoms with Gasteiger partial charge >= 0.3 is 0 Å². The van der Waals surface area contributed by atoms with Crippen molar-refractivity contribution >= 4 is 18.3 Å². The third-order valence-corrected chi connectivity index (χ3v) is 3.41. The highest BCUT2D eigenvalue weighted by Gasteiger charge is 2.25. The lowest BCUT2D eigenvalue weighted by atomic mass is 10.0. The molecule has 102 valence electrons. The van der Waals surface area contributed by atoms with E-state index in [1.807, 2.05) is 14.0 Å². The minimum Gasteiger partial charge on any atom is -0.355 e. The van der Waals surface area contributed by atoms with E-state index in [0.29, 0.717) is 6.04 Å². The van der Waals surface area contributed by atoms with Crippen molar-refractivity contribution in [2.75, 3.05) is 26.7 Å². The predicted molar refractivity (Wildman–Crippen MR) is 73.7 cm³/mol. The Morgan fingerprint density at radius 1 is 1.41 bits per heavy atom. The Morgan fingerprint density at radius 2 is 2.00 bits per heavy atom. The Kier molecular flexibility index (Phi) is 8.56. The molecule has 1 aliphatic heterocycles. The highest BCUT2D eigenvalue weighted by molar-refractivity contribution is 5.85. The lowest BCUT2D eigenvalue weighted by Crippen LogP contribution is -2.50. The summed E-state index contributed by atoms with van der Waals surface area (Å²) >= 11 is 0. The molecule has 0 aromatic carbocycles. The van der Waals surface area contributed by atoms with E-state index in [-0.39, 0.29) is 24.4 Å². The van der Waals surface area contributed by atoms with Crippen LogP contribution in [0.25, 0.3) is 0 Å². The van der Waals surface area contributed by atoms with E-state index in [2.05, 4.69) is 22.5 Å². The summed E-state index contributed by atoms with van der Waals surface area (Å²) in [4.78, 5) is 14.1. The van der Waals surface area contributed by atoms with E-state index in [9.17, 15) is 4.79 Å². The summed E-state index contributed by atoms with van der Waals surface area (Å²) < 4.78 is 0. The number of carbonyl (C=O) groups is 1. The van der Waals surface area contributed by atoms with E-state index in [4.69, 9.17) is 0 Å². The Morgan fingerprint density at radius 3 is 2.47 bits per heavy atom. The highest BCUT2D eigenvalue weighted by atomic mass is 35.5. The van der Waals surface area contributed by atoms with Gasteiger partial charge < -0.3 is 10.6 Å². The fourth-order valence-electron chi connectivity index (χ4n) is 2.14. The molecule has 0 spiro atoms. The van der Waals surface area contributed by atoms with Gasteiger partial charge in [0.2, 0.25) is 5.91 Å². The first kappa shape index (κ1) is 16.7. The monoisotopic (exact) mass is 263 g/mol. The molecule has 1 aliphatic rings. The molecule has 1 atom stereocenters. The molecule has 1 heterocycles. The summed E-state index contributed by atoms with van der Waals surface area (Å²) in [5, 5.41) is 6.26. The van der Waals surface area contributed by atoms with Gasteiger partial charge in [-0.2, -0.15) is 0 Å². The summed E-state index contributed by atoms with van der Waals surface area (Å²) in [6.45, 7) is 6.91. The van der Waals surface area contributed by atoms with Crippen LogP contribution in [0.3, 0.4) is 0 Å². The first-order valence-electron chi connectivity index (χ1n) is 6.38. The Balaban J connectivity index is 0.00000256. The maximum Gasteiger partial charge on any atom is 0.237 e. The van der Waals surface area contributed by atoms with Crippen molar-refractivity contribution in [3.63, 3.8) is 0 Å². The summed E-state index contributed by atoms with van der Waals surface area (Å²) in [6, 6.07) is 0.645. The van der Waals surface area contributed by atoms with Crippen LogP contribution in [-0.2, 0) is 4.79 Å². The first-order chi connectivity index (χ1) is 7.69. The normalized spacial score (nSPS) is 19.5. The van der Waals surface area contributed by atoms with Gasteiger partial charge in [-0.3, -0.25) is 9.69 Å². The molecule has 2 N–H and O–H groups in total. The number of hydrogen-bond donors (Lipinski definition) is 2. The van der Waals surface area contributed by atoms with E-state index in [0.717, 1.165) is 38.9 Å². The van der Waals surface area contributed by atoms with Gasteiger partial charge in [0.05, 0.1) is 6.04 Å².